The lowest BCUT2D eigenvalue weighted by molar-refractivity contribution is -0.122. The van der Waals surface area contributed by atoms with E-state index in [4.69, 9.17) is 4.74 Å². The van der Waals surface area contributed by atoms with E-state index in [9.17, 15) is 18.4 Å². The molecule has 1 N–H and O–H groups in total. The van der Waals surface area contributed by atoms with Gasteiger partial charge >= 0.3 is 0 Å². The first kappa shape index (κ1) is 17.2. The molecule has 0 heterocycles. The van der Waals surface area contributed by atoms with Crippen molar-refractivity contribution in [2.75, 3.05) is 40.4 Å². The number of methoxy groups -OCH3 is 1. The highest BCUT2D eigenvalue weighted by atomic mass is 19.2. The van der Waals surface area contributed by atoms with E-state index in [0.717, 1.165) is 12.1 Å². The number of ether oxygens (including phenoxy) is 1. The Balaban J connectivity index is 2.46. The number of ketones is 1. The summed E-state index contributed by atoms with van der Waals surface area (Å²) in [5.41, 5.74) is 0.0699. The van der Waals surface area contributed by atoms with Crippen LogP contribution in [0.4, 0.5) is 8.78 Å². The predicted molar refractivity (Wildman–Crippen MR) is 73.1 cm³/mol. The third-order valence-corrected chi connectivity index (χ3v) is 2.70. The number of benzene rings is 1. The van der Waals surface area contributed by atoms with Crippen LogP contribution in [-0.2, 0) is 9.53 Å². The quantitative estimate of drug-likeness (QED) is 0.571. The molecule has 0 atom stereocenters. The Labute approximate surface area is 121 Å². The molecule has 0 fully saturated rings. The van der Waals surface area contributed by atoms with E-state index >= 15 is 0 Å². The van der Waals surface area contributed by atoms with Crippen molar-refractivity contribution in [2.45, 2.75) is 0 Å². The molecule has 1 rings (SSSR count). The molecule has 0 spiro atoms. The zero-order chi connectivity index (χ0) is 15.8. The SMILES string of the molecule is COCCNC(=O)CN(C)CC(=O)c1ccc(F)c(F)c1. The van der Waals surface area contributed by atoms with E-state index in [0.29, 0.717) is 13.2 Å². The number of carbonyl (C=O) groups is 2. The van der Waals surface area contributed by atoms with E-state index in [1.165, 1.54) is 18.1 Å². The second kappa shape index (κ2) is 8.43. The minimum atomic E-state index is -1.07. The summed E-state index contributed by atoms with van der Waals surface area (Å²) >= 11 is 0. The Morgan fingerprint density at radius 1 is 1.24 bits per heavy atom. The first-order valence-corrected chi connectivity index (χ1v) is 6.36. The van der Waals surface area contributed by atoms with Crippen LogP contribution in [0.15, 0.2) is 18.2 Å². The maximum atomic E-state index is 13.0. The largest absolute Gasteiger partial charge is 0.383 e. The van der Waals surface area contributed by atoms with Crippen molar-refractivity contribution >= 4 is 11.7 Å². The normalized spacial score (nSPS) is 10.7. The third kappa shape index (κ3) is 5.97. The molecule has 5 nitrogen and oxygen atoms in total. The number of hydrogen-bond donors (Lipinski definition) is 1. The summed E-state index contributed by atoms with van der Waals surface area (Å²) < 4.78 is 30.6. The van der Waals surface area contributed by atoms with Gasteiger partial charge in [0.15, 0.2) is 17.4 Å². The van der Waals surface area contributed by atoms with Gasteiger partial charge in [0, 0.05) is 19.2 Å². The van der Waals surface area contributed by atoms with Gasteiger partial charge in [0.1, 0.15) is 0 Å². The fourth-order valence-corrected chi connectivity index (χ4v) is 1.66. The Kier molecular flexibility index (Phi) is 6.90. The average molecular weight is 300 g/mol. The minimum Gasteiger partial charge on any atom is -0.383 e. The highest BCUT2D eigenvalue weighted by Gasteiger charge is 2.14. The summed E-state index contributed by atoms with van der Waals surface area (Å²) in [7, 11) is 3.12. The first-order valence-electron chi connectivity index (χ1n) is 6.36. The van der Waals surface area contributed by atoms with Crippen molar-refractivity contribution in [2.24, 2.45) is 0 Å². The lowest BCUT2D eigenvalue weighted by Crippen LogP contribution is -2.38. The van der Waals surface area contributed by atoms with Crippen LogP contribution in [-0.4, -0.2) is 57.0 Å². The summed E-state index contributed by atoms with van der Waals surface area (Å²) in [4.78, 5) is 24.9. The maximum Gasteiger partial charge on any atom is 0.234 e. The number of carbonyl (C=O) groups excluding carboxylic acids is 2. The highest BCUT2D eigenvalue weighted by Crippen LogP contribution is 2.09. The second-order valence-electron chi connectivity index (χ2n) is 4.57. The Hall–Kier alpha value is -1.86. The fraction of sp³-hybridized carbons (Fsp3) is 0.429. The monoisotopic (exact) mass is 300 g/mol. The van der Waals surface area contributed by atoms with E-state index in [1.807, 2.05) is 0 Å². The van der Waals surface area contributed by atoms with Crippen molar-refractivity contribution in [1.82, 2.24) is 10.2 Å². The lowest BCUT2D eigenvalue weighted by Gasteiger charge is -2.15. The van der Waals surface area contributed by atoms with Gasteiger partial charge in [0.2, 0.25) is 5.91 Å². The van der Waals surface area contributed by atoms with Crippen molar-refractivity contribution in [3.05, 3.63) is 35.4 Å². The number of rotatable bonds is 8. The van der Waals surface area contributed by atoms with Crippen LogP contribution < -0.4 is 5.32 Å². The van der Waals surface area contributed by atoms with Crippen LogP contribution in [0.3, 0.4) is 0 Å². The van der Waals surface area contributed by atoms with Gasteiger partial charge < -0.3 is 10.1 Å². The fourth-order valence-electron chi connectivity index (χ4n) is 1.66. The van der Waals surface area contributed by atoms with Crippen LogP contribution in [0.1, 0.15) is 10.4 Å². The van der Waals surface area contributed by atoms with Gasteiger partial charge in [-0.25, -0.2) is 8.78 Å². The number of amides is 1. The van der Waals surface area contributed by atoms with Gasteiger partial charge in [-0.3, -0.25) is 14.5 Å². The van der Waals surface area contributed by atoms with Crippen molar-refractivity contribution in [1.29, 1.82) is 0 Å². The Morgan fingerprint density at radius 2 is 1.95 bits per heavy atom. The molecule has 1 aromatic carbocycles. The number of likely N-dealkylation sites (N-methyl/N-ethyl adjacent to an activating group) is 1. The first-order chi connectivity index (χ1) is 9.93. The molecule has 0 saturated carbocycles. The smallest absolute Gasteiger partial charge is 0.234 e. The maximum absolute atomic E-state index is 13.0. The van der Waals surface area contributed by atoms with E-state index in [2.05, 4.69) is 5.32 Å². The highest BCUT2D eigenvalue weighted by molar-refractivity contribution is 5.97. The average Bonchev–Trinajstić information content (AvgIpc) is 2.41. The zero-order valence-corrected chi connectivity index (χ0v) is 12.0. The lowest BCUT2D eigenvalue weighted by atomic mass is 10.1. The summed E-state index contributed by atoms with van der Waals surface area (Å²) in [6, 6.07) is 2.97. The van der Waals surface area contributed by atoms with E-state index in [1.54, 1.807) is 7.05 Å². The summed E-state index contributed by atoms with van der Waals surface area (Å²) in [5, 5.41) is 2.62. The number of Topliss-reactive ketones (excluding diaryl/α,β-unsaturated/α-hetero) is 1. The Morgan fingerprint density at radius 3 is 2.57 bits per heavy atom. The van der Waals surface area contributed by atoms with Crippen LogP contribution in [0, 0.1) is 11.6 Å². The Bertz CT molecular complexity index is 509. The van der Waals surface area contributed by atoms with Crippen molar-refractivity contribution in [3.8, 4) is 0 Å². The van der Waals surface area contributed by atoms with Gasteiger partial charge in [-0.05, 0) is 25.2 Å². The molecule has 7 heteroatoms. The number of hydrogen-bond acceptors (Lipinski definition) is 4. The molecular formula is C14H18F2N2O3. The summed E-state index contributed by atoms with van der Waals surface area (Å²) in [6.45, 7) is 0.755. The number of nitrogens with one attached hydrogen (secondary N) is 1. The summed E-state index contributed by atoms with van der Waals surface area (Å²) in [5.74, 6) is -2.70. The molecule has 1 amide bonds. The topological polar surface area (TPSA) is 58.6 Å². The molecule has 0 radical (unpaired) electrons. The standard InChI is InChI=1S/C14H18F2N2O3/c1-18(9-14(20)17-5-6-21-2)8-13(19)10-3-4-11(15)12(16)7-10/h3-4,7H,5-6,8-9H2,1-2H3,(H,17,20). The molecule has 0 bridgehead atoms. The molecule has 0 aliphatic heterocycles. The molecule has 21 heavy (non-hydrogen) atoms. The molecule has 0 unspecified atom stereocenters. The van der Waals surface area contributed by atoms with Gasteiger partial charge in [-0.1, -0.05) is 0 Å². The summed E-state index contributed by atoms with van der Waals surface area (Å²) in [6.07, 6.45) is 0. The molecule has 0 aromatic heterocycles. The van der Waals surface area contributed by atoms with E-state index < -0.39 is 11.6 Å². The molecule has 0 aliphatic rings. The van der Waals surface area contributed by atoms with Crippen molar-refractivity contribution < 1.29 is 23.1 Å². The molecular weight excluding hydrogens is 282 g/mol. The van der Waals surface area contributed by atoms with Crippen molar-refractivity contribution in [3.63, 3.8) is 0 Å². The van der Waals surface area contributed by atoms with Crippen LogP contribution in [0.5, 0.6) is 0 Å². The molecule has 1 aromatic rings. The van der Waals surface area contributed by atoms with Gasteiger partial charge in [-0.15, -0.1) is 0 Å². The molecule has 0 aliphatic carbocycles. The molecule has 0 saturated heterocycles. The number of halogens is 2. The second-order valence-corrected chi connectivity index (χ2v) is 4.57. The van der Waals surface area contributed by atoms with E-state index in [-0.39, 0.29) is 30.3 Å². The van der Waals surface area contributed by atoms with Gasteiger partial charge in [0.05, 0.1) is 19.7 Å². The predicted octanol–water partition coefficient (Wildman–Crippen LogP) is 0.842. The minimum absolute atomic E-state index is 0.0269. The number of nitrogens with zero attached hydrogens (tertiary/aromatic N) is 1. The van der Waals surface area contributed by atoms with Crippen LogP contribution in [0.25, 0.3) is 0 Å². The van der Waals surface area contributed by atoms with Crippen LogP contribution >= 0.6 is 0 Å². The zero-order valence-electron chi connectivity index (χ0n) is 12.0. The molecule has 116 valence electrons. The van der Waals surface area contributed by atoms with Crippen LogP contribution in [0.2, 0.25) is 0 Å². The van der Waals surface area contributed by atoms with Gasteiger partial charge in [0.25, 0.3) is 0 Å². The van der Waals surface area contributed by atoms with Gasteiger partial charge in [-0.2, -0.15) is 0 Å². The third-order valence-electron chi connectivity index (χ3n) is 2.70.